The molecule has 0 saturated carbocycles. The van der Waals surface area contributed by atoms with E-state index in [0.29, 0.717) is 0 Å². The minimum atomic E-state index is 0.885. The summed E-state index contributed by atoms with van der Waals surface area (Å²) in [6.45, 7) is 2.07. The summed E-state index contributed by atoms with van der Waals surface area (Å²) in [7, 11) is 1.71. The summed E-state index contributed by atoms with van der Waals surface area (Å²) in [6.07, 6.45) is 6.36. The molecule has 5 aromatic rings. The van der Waals surface area contributed by atoms with Gasteiger partial charge in [0, 0.05) is 49.7 Å². The van der Waals surface area contributed by atoms with Gasteiger partial charge in [-0.15, -0.1) is 0 Å². The number of hydrogen-bond donors (Lipinski definition) is 4. The molecule has 33 heavy (non-hydrogen) atoms. The molecular weight excluding hydrogens is 408 g/mol. The number of hydrogen-bond acceptors (Lipinski definition) is 1. The average molecular weight is 433 g/mol. The maximum atomic E-state index is 5.49. The highest BCUT2D eigenvalue weighted by molar-refractivity contribution is 5.78. The maximum Gasteiger partial charge on any atom is 0.121 e. The van der Waals surface area contributed by atoms with Gasteiger partial charge in [-0.3, -0.25) is 0 Å². The van der Waals surface area contributed by atoms with E-state index >= 15 is 0 Å². The lowest BCUT2D eigenvalue weighted by Crippen LogP contribution is -2.15. The molecule has 4 N–H and O–H groups in total. The van der Waals surface area contributed by atoms with E-state index in [1.54, 1.807) is 7.11 Å². The van der Waals surface area contributed by atoms with Crippen molar-refractivity contribution in [1.29, 1.82) is 0 Å². The van der Waals surface area contributed by atoms with Crippen LogP contribution in [0.5, 0.6) is 5.75 Å². The number of H-pyrrole nitrogens is 4. The number of nitrogens with one attached hydrogen (secondary N) is 4. The molecule has 1 aliphatic heterocycles. The number of aryl methyl sites for hydroxylation is 1. The fourth-order valence-corrected chi connectivity index (χ4v) is 4.47. The van der Waals surface area contributed by atoms with Crippen molar-refractivity contribution < 1.29 is 4.74 Å². The number of methoxy groups -OCH3 is 1. The van der Waals surface area contributed by atoms with Crippen molar-refractivity contribution in [3.8, 4) is 5.75 Å². The minimum Gasteiger partial charge on any atom is -0.496 e. The number of rotatable bonds is 2. The van der Waals surface area contributed by atoms with Crippen LogP contribution in [0.4, 0.5) is 0 Å². The Morgan fingerprint density at radius 2 is 1.24 bits per heavy atom. The summed E-state index contributed by atoms with van der Waals surface area (Å²) in [6, 6.07) is 23.2. The Balaban J connectivity index is 1.65. The molecule has 162 valence electrons. The fourth-order valence-electron chi connectivity index (χ4n) is 4.47. The van der Waals surface area contributed by atoms with Crippen LogP contribution in [0.2, 0.25) is 0 Å². The zero-order valence-corrected chi connectivity index (χ0v) is 18.5. The predicted octanol–water partition coefficient (Wildman–Crippen LogP) is 2.36. The van der Waals surface area contributed by atoms with Crippen molar-refractivity contribution in [2.45, 2.75) is 6.92 Å². The zero-order valence-electron chi connectivity index (χ0n) is 18.5. The summed E-state index contributed by atoms with van der Waals surface area (Å²) in [5.41, 5.74) is 7.51. The van der Waals surface area contributed by atoms with Gasteiger partial charge in [0.15, 0.2) is 0 Å². The first-order valence-corrected chi connectivity index (χ1v) is 11.0. The van der Waals surface area contributed by atoms with Crippen LogP contribution in [0.25, 0.3) is 23.8 Å². The third kappa shape index (κ3) is 3.64. The SMILES string of the molecule is COc1ccc(C2=c3ccc([nH]3)=Cc3ccc([nH]3)C=c3ccc([nH]3)=Cc3ccc2[nH]3)cc1C. The Labute approximate surface area is 190 Å². The Morgan fingerprint density at radius 3 is 1.94 bits per heavy atom. The zero-order chi connectivity index (χ0) is 22.4. The van der Waals surface area contributed by atoms with E-state index in [-0.39, 0.29) is 0 Å². The van der Waals surface area contributed by atoms with Gasteiger partial charge in [0.1, 0.15) is 5.75 Å². The Kier molecular flexibility index (Phi) is 4.47. The molecule has 0 unspecified atom stereocenters. The third-order valence-electron chi connectivity index (χ3n) is 6.03. The Bertz CT molecular complexity index is 1720. The van der Waals surface area contributed by atoms with Crippen LogP contribution >= 0.6 is 0 Å². The lowest BCUT2D eigenvalue weighted by atomic mass is 10.00. The van der Waals surface area contributed by atoms with E-state index in [1.165, 1.54) is 0 Å². The molecule has 0 atom stereocenters. The summed E-state index contributed by atoms with van der Waals surface area (Å²) in [5, 5.41) is 4.18. The second-order valence-electron chi connectivity index (χ2n) is 8.39. The molecular formula is C28H24N4O. The average Bonchev–Trinajstić information content (AvgIpc) is 3.60. The largest absolute Gasteiger partial charge is 0.496 e. The fraction of sp³-hybridized carbons (Fsp3) is 0.0714. The molecule has 4 aromatic heterocycles. The van der Waals surface area contributed by atoms with Crippen LogP contribution in [0, 0.1) is 6.92 Å². The van der Waals surface area contributed by atoms with Gasteiger partial charge in [0.2, 0.25) is 0 Å². The lowest BCUT2D eigenvalue weighted by Gasteiger charge is -2.10. The van der Waals surface area contributed by atoms with E-state index < -0.39 is 0 Å². The van der Waals surface area contributed by atoms with Crippen LogP contribution in [0.15, 0.2) is 66.7 Å². The van der Waals surface area contributed by atoms with Gasteiger partial charge in [0.05, 0.1) is 7.11 Å². The molecule has 0 spiro atoms. The molecule has 5 heteroatoms. The number of fused-ring (bicyclic) bond motifs is 8. The highest BCUT2D eigenvalue weighted by Gasteiger charge is 2.12. The van der Waals surface area contributed by atoms with E-state index in [1.807, 2.05) is 6.07 Å². The van der Waals surface area contributed by atoms with Gasteiger partial charge in [0.25, 0.3) is 0 Å². The first-order valence-electron chi connectivity index (χ1n) is 11.0. The first kappa shape index (κ1) is 19.3. The molecule has 0 fully saturated rings. The number of aromatic amines is 4. The minimum absolute atomic E-state index is 0.885. The molecule has 0 amide bonds. The van der Waals surface area contributed by atoms with Crippen molar-refractivity contribution in [1.82, 2.24) is 19.9 Å². The number of ether oxygens (including phenoxy) is 1. The van der Waals surface area contributed by atoms with E-state index in [4.69, 9.17) is 4.74 Å². The van der Waals surface area contributed by atoms with Gasteiger partial charge < -0.3 is 24.7 Å². The monoisotopic (exact) mass is 432 g/mol. The highest BCUT2D eigenvalue weighted by atomic mass is 16.5. The van der Waals surface area contributed by atoms with E-state index in [2.05, 4.69) is 106 Å². The van der Waals surface area contributed by atoms with Crippen LogP contribution in [0.3, 0.4) is 0 Å². The molecule has 5 nitrogen and oxygen atoms in total. The smallest absolute Gasteiger partial charge is 0.121 e. The topological polar surface area (TPSA) is 72.4 Å². The van der Waals surface area contributed by atoms with Gasteiger partial charge in [-0.1, -0.05) is 6.07 Å². The van der Waals surface area contributed by atoms with Crippen molar-refractivity contribution in [2.24, 2.45) is 0 Å². The van der Waals surface area contributed by atoms with E-state index in [9.17, 15) is 0 Å². The molecule has 0 aliphatic carbocycles. The molecule has 1 aromatic carbocycles. The van der Waals surface area contributed by atoms with Crippen molar-refractivity contribution in [3.63, 3.8) is 0 Å². The summed E-state index contributed by atoms with van der Waals surface area (Å²) >= 11 is 0. The normalized spacial score (nSPS) is 12.6. The summed E-state index contributed by atoms with van der Waals surface area (Å²) in [5.74, 6) is 0.885. The second-order valence-corrected chi connectivity index (χ2v) is 8.39. The van der Waals surface area contributed by atoms with Gasteiger partial charge in [-0.05, 0) is 96.9 Å². The van der Waals surface area contributed by atoms with Gasteiger partial charge in [-0.25, -0.2) is 0 Å². The lowest BCUT2D eigenvalue weighted by molar-refractivity contribution is 0.411. The van der Waals surface area contributed by atoms with Crippen LogP contribution in [0.1, 0.15) is 33.9 Å². The first-order chi connectivity index (χ1) is 16.1. The summed E-state index contributed by atoms with van der Waals surface area (Å²) < 4.78 is 5.49. The molecule has 0 radical (unpaired) electrons. The molecule has 1 aliphatic rings. The third-order valence-corrected chi connectivity index (χ3v) is 6.03. The van der Waals surface area contributed by atoms with Crippen molar-refractivity contribution in [2.75, 3.05) is 7.11 Å². The Morgan fingerprint density at radius 1 is 0.606 bits per heavy atom. The predicted molar refractivity (Wildman–Crippen MR) is 132 cm³/mol. The van der Waals surface area contributed by atoms with Crippen LogP contribution in [-0.2, 0) is 0 Å². The second kappa shape index (κ2) is 7.64. The van der Waals surface area contributed by atoms with Crippen LogP contribution < -0.4 is 26.1 Å². The highest BCUT2D eigenvalue weighted by Crippen LogP contribution is 2.26. The quantitative estimate of drug-likeness (QED) is 0.333. The summed E-state index contributed by atoms with van der Waals surface area (Å²) in [4.78, 5) is 14.1. The maximum absolute atomic E-state index is 5.49. The molecule has 6 rings (SSSR count). The molecule has 5 heterocycles. The van der Waals surface area contributed by atoms with Crippen molar-refractivity contribution in [3.05, 3.63) is 122 Å². The Hall–Kier alpha value is -4.38. The van der Waals surface area contributed by atoms with E-state index in [0.717, 1.165) is 66.6 Å². The van der Waals surface area contributed by atoms with Gasteiger partial charge >= 0.3 is 0 Å². The van der Waals surface area contributed by atoms with Crippen LogP contribution in [-0.4, -0.2) is 27.0 Å². The standard InChI is InChI=1S/C28H24N4O/c1-17-13-18(3-12-27(17)33-2)28-25-10-8-23(31-25)15-21-6-4-19(29-21)14-20-5-7-22(30-20)16-24-9-11-26(28)32-24/h3-16,29-32H,1-2H3. The molecule has 8 bridgehead atoms. The molecule has 0 saturated heterocycles. The number of aromatic nitrogens is 4. The van der Waals surface area contributed by atoms with Crippen molar-refractivity contribution >= 4 is 23.8 Å². The number of benzene rings is 1. The van der Waals surface area contributed by atoms with Gasteiger partial charge in [-0.2, -0.15) is 0 Å².